The van der Waals surface area contributed by atoms with Crippen LogP contribution in [0.5, 0.6) is 0 Å². The van der Waals surface area contributed by atoms with Gasteiger partial charge in [-0.25, -0.2) is 4.90 Å². The Morgan fingerprint density at radius 3 is 2.59 bits per heavy atom. The summed E-state index contributed by atoms with van der Waals surface area (Å²) < 4.78 is 0. The van der Waals surface area contributed by atoms with Gasteiger partial charge in [-0.1, -0.05) is 84.9 Å². The van der Waals surface area contributed by atoms with E-state index in [1.54, 1.807) is 6.92 Å². The van der Waals surface area contributed by atoms with E-state index in [4.69, 9.17) is 4.84 Å². The van der Waals surface area contributed by atoms with Gasteiger partial charge in [0.25, 0.3) is 5.91 Å². The fraction of sp³-hybridized carbons (Fsp3) is 0.258. The number of carbonyl (C=O) groups is 1. The van der Waals surface area contributed by atoms with Gasteiger partial charge in [0.1, 0.15) is 0 Å². The molecule has 0 saturated carbocycles. The predicted octanol–water partition coefficient (Wildman–Crippen LogP) is 3.73. The third kappa shape index (κ3) is 6.27. The minimum absolute atomic E-state index is 0.299. The van der Waals surface area contributed by atoms with Gasteiger partial charge in [0, 0.05) is 23.6 Å². The number of rotatable bonds is 10. The molecule has 1 aliphatic heterocycles. The number of hydroxylamine groups is 2. The van der Waals surface area contributed by atoms with E-state index in [9.17, 15) is 15.0 Å². The molecule has 202 valence electrons. The van der Waals surface area contributed by atoms with Crippen molar-refractivity contribution in [2.24, 2.45) is 0 Å². The van der Waals surface area contributed by atoms with Gasteiger partial charge in [-0.2, -0.15) is 5.06 Å². The molecular weight excluding hydrogens is 492 g/mol. The second kappa shape index (κ2) is 12.4. The number of amides is 1. The topological polar surface area (TPSA) is 101 Å². The Morgan fingerprint density at radius 1 is 1.05 bits per heavy atom. The van der Waals surface area contributed by atoms with Crippen molar-refractivity contribution in [3.05, 3.63) is 107 Å². The quantitative estimate of drug-likeness (QED) is 0.235. The molecule has 0 radical (unpaired) electrons. The van der Waals surface area contributed by atoms with Crippen LogP contribution in [0.25, 0.3) is 23.1 Å². The summed E-state index contributed by atoms with van der Waals surface area (Å²) in [6, 6.07) is 26.1. The van der Waals surface area contributed by atoms with Crippen LogP contribution < -0.4 is 5.32 Å². The van der Waals surface area contributed by atoms with Gasteiger partial charge in [-0.05, 0) is 41.7 Å². The molecule has 1 aliphatic rings. The first-order valence-corrected chi connectivity index (χ1v) is 13.2. The maximum Gasteiger partial charge on any atom is 0.254 e. The SMILES string of the molecule is C[C@H](O)[C@H]1ON(Cc2cccc(C=Cc3ccccc3)c2)C(C(=O)NCCc2c[nH]c3ccccc23)N1CO. The molecule has 4 N–H and O–H groups in total. The number of aliphatic hydroxyl groups excluding tert-OH is 2. The van der Waals surface area contributed by atoms with Crippen LogP contribution in [-0.2, 0) is 22.6 Å². The number of aromatic amines is 1. The van der Waals surface area contributed by atoms with E-state index in [0.717, 1.165) is 33.2 Å². The highest BCUT2D eigenvalue weighted by molar-refractivity contribution is 5.84. The standard InChI is InChI=1S/C31H34N4O4/c1-22(37)31-34(21-36)30(29(38)32-17-16-26-19-33-28-13-6-5-12-27(26)28)35(39-31)20-25-11-7-10-24(18-25)15-14-23-8-3-2-4-9-23/h2-15,18-19,22,30-31,33,36-37H,16-17,20-21H2,1H3,(H,32,38)/t22-,30?,31+/m0/s1. The number of nitrogens with one attached hydrogen (secondary N) is 2. The van der Waals surface area contributed by atoms with Crippen LogP contribution in [0.2, 0.25) is 0 Å². The second-order valence-corrected chi connectivity index (χ2v) is 9.73. The fourth-order valence-corrected chi connectivity index (χ4v) is 4.97. The molecule has 8 nitrogen and oxygen atoms in total. The van der Waals surface area contributed by atoms with Gasteiger partial charge in [0.05, 0.1) is 19.4 Å². The zero-order valence-corrected chi connectivity index (χ0v) is 21.9. The number of hydrogen-bond donors (Lipinski definition) is 4. The van der Waals surface area contributed by atoms with E-state index in [0.29, 0.717) is 19.5 Å². The molecule has 5 rings (SSSR count). The Bertz CT molecular complexity index is 1420. The number of fused-ring (bicyclic) bond motifs is 1. The molecule has 1 fully saturated rings. The molecule has 1 saturated heterocycles. The summed E-state index contributed by atoms with van der Waals surface area (Å²) in [5.41, 5.74) is 5.23. The van der Waals surface area contributed by atoms with Crippen LogP contribution >= 0.6 is 0 Å². The highest BCUT2D eigenvalue weighted by atomic mass is 16.7. The number of aromatic nitrogens is 1. The van der Waals surface area contributed by atoms with Gasteiger partial charge in [0.15, 0.2) is 12.4 Å². The number of benzene rings is 3. The van der Waals surface area contributed by atoms with Crippen molar-refractivity contribution in [1.82, 2.24) is 20.3 Å². The third-order valence-corrected chi connectivity index (χ3v) is 6.89. The first-order valence-electron chi connectivity index (χ1n) is 13.2. The number of H-pyrrole nitrogens is 1. The van der Waals surface area contributed by atoms with Gasteiger partial charge in [-0.3, -0.25) is 9.63 Å². The van der Waals surface area contributed by atoms with E-state index in [1.165, 1.54) is 9.96 Å². The van der Waals surface area contributed by atoms with E-state index in [1.807, 2.05) is 91.1 Å². The van der Waals surface area contributed by atoms with Crippen LogP contribution in [-0.4, -0.2) is 62.8 Å². The Kier molecular flexibility index (Phi) is 8.51. The molecule has 8 heteroatoms. The van der Waals surface area contributed by atoms with Gasteiger partial charge >= 0.3 is 0 Å². The Balaban J connectivity index is 1.29. The summed E-state index contributed by atoms with van der Waals surface area (Å²) in [4.78, 5) is 24.1. The molecular formula is C31H34N4O4. The zero-order valence-electron chi connectivity index (χ0n) is 21.9. The Labute approximate surface area is 228 Å². The highest BCUT2D eigenvalue weighted by Crippen LogP contribution is 2.27. The first-order chi connectivity index (χ1) is 19.0. The van der Waals surface area contributed by atoms with Gasteiger partial charge < -0.3 is 20.5 Å². The summed E-state index contributed by atoms with van der Waals surface area (Å²) in [7, 11) is 0. The molecule has 0 aliphatic carbocycles. The van der Waals surface area contributed by atoms with Crippen molar-refractivity contribution in [1.29, 1.82) is 0 Å². The predicted molar refractivity (Wildman–Crippen MR) is 152 cm³/mol. The second-order valence-electron chi connectivity index (χ2n) is 9.73. The van der Waals surface area contributed by atoms with Crippen LogP contribution in [0.1, 0.15) is 29.2 Å². The van der Waals surface area contributed by atoms with Crippen LogP contribution in [0.4, 0.5) is 0 Å². The van der Waals surface area contributed by atoms with Gasteiger partial charge in [0.2, 0.25) is 0 Å². The van der Waals surface area contributed by atoms with Crippen molar-refractivity contribution in [3.63, 3.8) is 0 Å². The lowest BCUT2D eigenvalue weighted by Gasteiger charge is -2.26. The Morgan fingerprint density at radius 2 is 1.79 bits per heavy atom. The molecule has 1 unspecified atom stereocenters. The summed E-state index contributed by atoms with van der Waals surface area (Å²) in [6.45, 7) is 1.86. The normalized spacial score (nSPS) is 19.2. The van der Waals surface area contributed by atoms with Crippen molar-refractivity contribution >= 4 is 29.0 Å². The Hall–Kier alpha value is -3.79. The van der Waals surface area contributed by atoms with E-state index in [-0.39, 0.29) is 5.91 Å². The molecule has 2 heterocycles. The largest absolute Gasteiger partial charge is 0.389 e. The van der Waals surface area contributed by atoms with Crippen molar-refractivity contribution < 1.29 is 19.8 Å². The van der Waals surface area contributed by atoms with E-state index >= 15 is 0 Å². The third-order valence-electron chi connectivity index (χ3n) is 6.89. The lowest BCUT2D eigenvalue weighted by Crippen LogP contribution is -2.53. The smallest absolute Gasteiger partial charge is 0.254 e. The summed E-state index contributed by atoms with van der Waals surface area (Å²) >= 11 is 0. The monoisotopic (exact) mass is 526 g/mol. The minimum atomic E-state index is -0.913. The molecule has 0 bridgehead atoms. The number of nitrogens with zero attached hydrogens (tertiary/aromatic N) is 2. The molecule has 3 aromatic carbocycles. The summed E-state index contributed by atoms with van der Waals surface area (Å²) in [5.74, 6) is -0.299. The number of hydrogen-bond acceptors (Lipinski definition) is 6. The molecule has 3 atom stereocenters. The van der Waals surface area contributed by atoms with Crippen LogP contribution in [0.3, 0.4) is 0 Å². The lowest BCUT2D eigenvalue weighted by atomic mass is 10.1. The lowest BCUT2D eigenvalue weighted by molar-refractivity contribution is -0.195. The summed E-state index contributed by atoms with van der Waals surface area (Å²) in [6.07, 6.45) is 4.04. The number of para-hydroxylation sites is 1. The van der Waals surface area contributed by atoms with Crippen LogP contribution in [0.15, 0.2) is 85.1 Å². The minimum Gasteiger partial charge on any atom is -0.389 e. The zero-order chi connectivity index (χ0) is 27.2. The first kappa shape index (κ1) is 26.8. The highest BCUT2D eigenvalue weighted by Gasteiger charge is 2.46. The average Bonchev–Trinajstić information content (AvgIpc) is 3.54. The number of carbonyl (C=O) groups excluding carboxylic acids is 1. The van der Waals surface area contributed by atoms with E-state index < -0.39 is 25.2 Å². The fourth-order valence-electron chi connectivity index (χ4n) is 4.97. The molecule has 4 aromatic rings. The molecule has 39 heavy (non-hydrogen) atoms. The average molecular weight is 527 g/mol. The van der Waals surface area contributed by atoms with Gasteiger partial charge in [-0.15, -0.1) is 0 Å². The van der Waals surface area contributed by atoms with E-state index in [2.05, 4.69) is 16.4 Å². The van der Waals surface area contributed by atoms with Crippen molar-refractivity contribution in [2.75, 3.05) is 13.3 Å². The maximum absolute atomic E-state index is 13.4. The van der Waals surface area contributed by atoms with Crippen molar-refractivity contribution in [2.45, 2.75) is 38.4 Å². The molecule has 0 spiro atoms. The van der Waals surface area contributed by atoms with Crippen LogP contribution in [0, 0.1) is 0 Å². The number of aliphatic hydroxyl groups is 2. The van der Waals surface area contributed by atoms with Crippen molar-refractivity contribution in [3.8, 4) is 0 Å². The maximum atomic E-state index is 13.4. The summed E-state index contributed by atoms with van der Waals surface area (Å²) in [5, 5.41) is 26.1. The molecule has 1 aromatic heterocycles. The molecule has 1 amide bonds.